The first-order valence-electron chi connectivity index (χ1n) is 18.6. The highest BCUT2D eigenvalue weighted by molar-refractivity contribution is 6.37. The van der Waals surface area contributed by atoms with E-state index in [2.05, 4.69) is 193 Å². The number of hydrogen-bond donors (Lipinski definition) is 0. The van der Waals surface area contributed by atoms with Crippen molar-refractivity contribution >= 4 is 66.3 Å². The molecule has 0 saturated heterocycles. The largest absolute Gasteiger partial charge is 0.312 e. The fourth-order valence-corrected chi connectivity index (χ4v) is 8.26. The minimum atomic E-state index is 0.829. The van der Waals surface area contributed by atoms with Crippen molar-refractivity contribution in [2.45, 2.75) is 48.0 Å². The summed E-state index contributed by atoms with van der Waals surface area (Å²) >= 11 is 0. The molecule has 256 valence electrons. The predicted octanol–water partition coefficient (Wildman–Crippen LogP) is 13.6. The Hall–Kier alpha value is -6.06. The molecule has 52 heavy (non-hydrogen) atoms. The van der Waals surface area contributed by atoms with Gasteiger partial charge in [0.25, 0.3) is 0 Å². The van der Waals surface area contributed by atoms with Gasteiger partial charge in [-0.25, -0.2) is 0 Å². The third-order valence-electron chi connectivity index (χ3n) is 10.2. The second-order valence-corrected chi connectivity index (χ2v) is 13.3. The molecule has 0 unspecified atom stereocenters. The summed E-state index contributed by atoms with van der Waals surface area (Å²) in [6.45, 7) is 12.6. The van der Waals surface area contributed by atoms with E-state index in [9.17, 15) is 0 Å². The smallest absolute Gasteiger partial charge is 0.0663 e. The first-order valence-corrected chi connectivity index (χ1v) is 18.6. The molecule has 0 fully saturated rings. The zero-order chi connectivity index (χ0) is 35.9. The monoisotopic (exact) mass is 675 g/mol. The molecular weight excluding hydrogens is 631 g/mol. The van der Waals surface area contributed by atoms with Crippen LogP contribution in [0.2, 0.25) is 0 Å². The summed E-state index contributed by atoms with van der Waals surface area (Å²) < 4.78 is 7.60. The van der Waals surface area contributed by atoms with Gasteiger partial charge in [0.1, 0.15) is 0 Å². The van der Waals surface area contributed by atoms with E-state index in [4.69, 9.17) is 0 Å². The Bertz CT molecular complexity index is 2820. The molecule has 3 aromatic heterocycles. The molecule has 9 rings (SSSR count). The Labute approximate surface area is 306 Å². The summed E-state index contributed by atoms with van der Waals surface area (Å²) in [5, 5.41) is 6.35. The van der Waals surface area contributed by atoms with E-state index in [1.807, 2.05) is 13.8 Å². The van der Waals surface area contributed by atoms with Crippen molar-refractivity contribution in [2.24, 2.45) is 0 Å². The van der Waals surface area contributed by atoms with Crippen molar-refractivity contribution in [3.8, 4) is 11.4 Å². The van der Waals surface area contributed by atoms with Crippen LogP contribution in [0.25, 0.3) is 77.7 Å². The van der Waals surface area contributed by atoms with Crippen LogP contribution in [-0.2, 0) is 6.42 Å². The highest BCUT2D eigenvalue weighted by Crippen LogP contribution is 2.50. The summed E-state index contributed by atoms with van der Waals surface area (Å²) in [6, 6.07) is 35.9. The maximum Gasteiger partial charge on any atom is 0.0663 e. The second kappa shape index (κ2) is 13.6. The number of aryl methyl sites for hydroxylation is 2. The average molecular weight is 676 g/mol. The van der Waals surface area contributed by atoms with E-state index in [1.165, 1.54) is 88.3 Å². The van der Waals surface area contributed by atoms with Crippen LogP contribution < -0.4 is 0 Å². The average Bonchev–Trinajstić information content (AvgIpc) is 3.72. The van der Waals surface area contributed by atoms with Gasteiger partial charge in [0, 0.05) is 61.7 Å². The lowest BCUT2D eigenvalue weighted by Crippen LogP contribution is -2.01. The number of rotatable bonds is 5. The number of fused-ring (bicyclic) bond motifs is 12. The van der Waals surface area contributed by atoms with Gasteiger partial charge >= 0.3 is 0 Å². The third kappa shape index (κ3) is 5.03. The minimum Gasteiger partial charge on any atom is -0.312 e. The van der Waals surface area contributed by atoms with E-state index in [1.54, 1.807) is 0 Å². The Morgan fingerprint density at radius 1 is 0.615 bits per heavy atom. The fourth-order valence-electron chi connectivity index (χ4n) is 8.26. The molecule has 0 radical (unpaired) electrons. The van der Waals surface area contributed by atoms with Crippen LogP contribution >= 0.6 is 0 Å². The number of benzene rings is 5. The molecule has 0 atom stereocenters. The molecule has 8 aromatic rings. The lowest BCUT2D eigenvalue weighted by molar-refractivity contribution is 1.03. The molecule has 1 aliphatic carbocycles. The van der Waals surface area contributed by atoms with Gasteiger partial charge in [-0.15, -0.1) is 0 Å². The molecule has 1 aliphatic rings. The Kier molecular flexibility index (Phi) is 8.64. The molecule has 0 spiro atoms. The lowest BCUT2D eigenvalue weighted by atomic mass is 10.0. The molecule has 3 nitrogen and oxygen atoms in total. The molecule has 5 aromatic carbocycles. The fraction of sp³-hybridized carbons (Fsp3) is 0.143. The highest BCUT2D eigenvalue weighted by atomic mass is 15.1. The van der Waals surface area contributed by atoms with Crippen LogP contribution in [-0.4, -0.2) is 13.7 Å². The molecule has 0 N–H and O–H groups in total. The summed E-state index contributed by atoms with van der Waals surface area (Å²) in [7, 11) is 0. The zero-order valence-electron chi connectivity index (χ0n) is 31.0. The SMILES string of the molecule is C/C=C/C=C\C(=C/C)n1c2c(c3c1c1c4ccccc4n(-c4cccc(C)c4)c1c1c4ccccc4n(-c4cccc(C)c4)c31)C=CC=CC2.CC. The number of nitrogens with zero attached hydrogens (tertiary/aromatic N) is 3. The quantitative estimate of drug-likeness (QED) is 0.161. The molecule has 0 bridgehead atoms. The van der Waals surface area contributed by atoms with Crippen molar-refractivity contribution in [3.63, 3.8) is 0 Å². The number of aromatic nitrogens is 3. The van der Waals surface area contributed by atoms with Gasteiger partial charge in [-0.3, -0.25) is 0 Å². The van der Waals surface area contributed by atoms with E-state index in [0.29, 0.717) is 0 Å². The van der Waals surface area contributed by atoms with Crippen molar-refractivity contribution in [1.82, 2.24) is 13.7 Å². The molecule has 3 heterocycles. The predicted molar refractivity (Wildman–Crippen MR) is 227 cm³/mol. The molecule has 0 aliphatic heterocycles. The van der Waals surface area contributed by atoms with Crippen LogP contribution in [0.15, 0.2) is 146 Å². The van der Waals surface area contributed by atoms with E-state index < -0.39 is 0 Å². The Morgan fingerprint density at radius 3 is 1.77 bits per heavy atom. The van der Waals surface area contributed by atoms with Gasteiger partial charge in [0.15, 0.2) is 0 Å². The van der Waals surface area contributed by atoms with Crippen LogP contribution in [0, 0.1) is 13.8 Å². The van der Waals surface area contributed by atoms with E-state index in [-0.39, 0.29) is 0 Å². The molecular formula is C49H45N3. The zero-order valence-corrected chi connectivity index (χ0v) is 31.0. The standard InChI is InChI=1S/C47H39N3.C2H6/c1-5-7-9-20-33(6-2)48-39-26-11-8-10-23-36(39)42-45(48)43-37-24-12-14-27-40(37)49(34-21-16-18-31(3)29-34)47(43)44-38-25-13-15-28-41(38)50(46(42)44)35-22-17-19-32(4)30-35;1-2/h5-25,27-30H,26H2,1-4H3;1-2H3/b7-5+,20-9-,33-6+;. The van der Waals surface area contributed by atoms with Crippen molar-refractivity contribution in [3.05, 3.63) is 168 Å². The van der Waals surface area contributed by atoms with E-state index in [0.717, 1.165) is 12.1 Å². The minimum absolute atomic E-state index is 0.829. The first kappa shape index (κ1) is 33.1. The van der Waals surface area contributed by atoms with Crippen LogP contribution in [0.1, 0.15) is 50.1 Å². The Balaban J connectivity index is 0.00000190. The number of hydrogen-bond acceptors (Lipinski definition) is 0. The van der Waals surface area contributed by atoms with Crippen LogP contribution in [0.4, 0.5) is 0 Å². The lowest BCUT2D eigenvalue weighted by Gasteiger charge is -2.15. The number of para-hydroxylation sites is 2. The van der Waals surface area contributed by atoms with Gasteiger partial charge in [-0.05, 0) is 81.3 Å². The van der Waals surface area contributed by atoms with Gasteiger partial charge in [0.2, 0.25) is 0 Å². The highest BCUT2D eigenvalue weighted by Gasteiger charge is 2.30. The summed E-state index contributed by atoms with van der Waals surface area (Å²) in [4.78, 5) is 0. The first-order chi connectivity index (χ1) is 25.6. The maximum absolute atomic E-state index is 2.55. The molecule has 0 amide bonds. The topological polar surface area (TPSA) is 14.8 Å². The van der Waals surface area contributed by atoms with Crippen molar-refractivity contribution in [1.29, 1.82) is 0 Å². The van der Waals surface area contributed by atoms with Gasteiger partial charge in [0.05, 0.1) is 27.6 Å². The van der Waals surface area contributed by atoms with Crippen molar-refractivity contribution in [2.75, 3.05) is 0 Å². The maximum atomic E-state index is 2.55. The molecule has 3 heteroatoms. The molecule has 0 saturated carbocycles. The van der Waals surface area contributed by atoms with Gasteiger partial charge in [-0.1, -0.05) is 123 Å². The van der Waals surface area contributed by atoms with Gasteiger partial charge in [-0.2, -0.15) is 0 Å². The summed E-state index contributed by atoms with van der Waals surface area (Å²) in [5.74, 6) is 0. The Morgan fingerprint density at radius 2 is 1.19 bits per heavy atom. The van der Waals surface area contributed by atoms with E-state index >= 15 is 0 Å². The summed E-state index contributed by atoms with van der Waals surface area (Å²) in [5.41, 5.74) is 14.7. The van der Waals surface area contributed by atoms with Crippen LogP contribution in [0.3, 0.4) is 0 Å². The van der Waals surface area contributed by atoms with Crippen molar-refractivity contribution < 1.29 is 0 Å². The number of allylic oxidation sites excluding steroid dienone is 9. The third-order valence-corrected chi connectivity index (χ3v) is 10.2. The normalized spacial score (nSPS) is 13.3. The van der Waals surface area contributed by atoms with Gasteiger partial charge < -0.3 is 13.7 Å². The second-order valence-electron chi connectivity index (χ2n) is 13.3. The van der Waals surface area contributed by atoms with Crippen LogP contribution in [0.5, 0.6) is 0 Å². The summed E-state index contributed by atoms with van der Waals surface area (Å²) in [6.07, 6.45) is 20.7.